The Balaban J connectivity index is 1.97. The van der Waals surface area contributed by atoms with E-state index in [9.17, 15) is 27.9 Å². The maximum atomic E-state index is 12.2. The lowest BCUT2D eigenvalue weighted by Crippen LogP contribution is -2.48. The highest BCUT2D eigenvalue weighted by Gasteiger charge is 2.31. The molecular formula is C16H18F3NO5. The molecule has 1 heterocycles. The molecule has 0 spiro atoms. The molecular weight excluding hydrogens is 343 g/mol. The smallest absolute Gasteiger partial charge is 0.422 e. The van der Waals surface area contributed by atoms with E-state index in [0.717, 1.165) is 6.42 Å². The molecule has 1 amide bonds. The number of rotatable bonds is 6. The number of ether oxygens (including phenoxy) is 2. The zero-order valence-electron chi connectivity index (χ0n) is 13.2. The zero-order valence-corrected chi connectivity index (χ0v) is 13.2. The summed E-state index contributed by atoms with van der Waals surface area (Å²) in [5, 5.41) is 11.8. The summed E-state index contributed by atoms with van der Waals surface area (Å²) in [7, 11) is 0. The van der Waals surface area contributed by atoms with Gasteiger partial charge in [0.2, 0.25) is 0 Å². The number of halogens is 3. The van der Waals surface area contributed by atoms with Crippen LogP contribution in [0.4, 0.5) is 13.2 Å². The molecule has 138 valence electrons. The first kappa shape index (κ1) is 19.0. The van der Waals surface area contributed by atoms with Gasteiger partial charge in [0.15, 0.2) is 6.61 Å². The number of hydrogen-bond donors (Lipinski definition) is 2. The largest absolute Gasteiger partial charge is 0.484 e. The minimum absolute atomic E-state index is 0.0376. The molecule has 0 saturated carbocycles. The topological polar surface area (TPSA) is 84.9 Å². The number of carboxylic acid groups (broad SMARTS) is 1. The second kappa shape index (κ2) is 8.19. The van der Waals surface area contributed by atoms with Gasteiger partial charge in [-0.05, 0) is 37.1 Å². The summed E-state index contributed by atoms with van der Waals surface area (Å²) >= 11 is 0. The van der Waals surface area contributed by atoms with Crippen LogP contribution in [0.5, 0.6) is 5.75 Å². The second-order valence-electron chi connectivity index (χ2n) is 5.69. The summed E-state index contributed by atoms with van der Waals surface area (Å²) in [5.41, 5.74) is 0.127. The van der Waals surface area contributed by atoms with Gasteiger partial charge in [-0.2, -0.15) is 13.2 Å². The molecule has 1 saturated heterocycles. The second-order valence-corrected chi connectivity index (χ2v) is 5.69. The molecule has 25 heavy (non-hydrogen) atoms. The van der Waals surface area contributed by atoms with Crippen molar-refractivity contribution in [3.63, 3.8) is 0 Å². The maximum absolute atomic E-state index is 12.2. The van der Waals surface area contributed by atoms with Gasteiger partial charge in [0.1, 0.15) is 11.8 Å². The molecule has 0 bridgehead atoms. The number of aliphatic carboxylic acids is 1. The standard InChI is InChI=1S/C16H18F3NO5/c17-16(18,19)9-25-12-5-3-10(4-6-12)14(21)20-13(15(22)23)11-2-1-7-24-8-11/h3-6,11,13H,1-2,7-9H2,(H,20,21)(H,22,23). The van der Waals surface area contributed by atoms with Crippen molar-refractivity contribution in [3.05, 3.63) is 29.8 Å². The van der Waals surface area contributed by atoms with Gasteiger partial charge in [0.25, 0.3) is 5.91 Å². The average Bonchev–Trinajstić information content (AvgIpc) is 2.58. The molecule has 1 aromatic rings. The summed E-state index contributed by atoms with van der Waals surface area (Å²) in [6, 6.07) is 3.91. The third kappa shape index (κ3) is 5.93. The summed E-state index contributed by atoms with van der Waals surface area (Å²) in [4.78, 5) is 23.6. The molecule has 9 heteroatoms. The van der Waals surface area contributed by atoms with Gasteiger partial charge in [-0.25, -0.2) is 4.79 Å². The van der Waals surface area contributed by atoms with Crippen molar-refractivity contribution >= 4 is 11.9 Å². The molecule has 2 atom stereocenters. The van der Waals surface area contributed by atoms with Crippen molar-refractivity contribution in [3.8, 4) is 5.75 Å². The van der Waals surface area contributed by atoms with Crippen LogP contribution < -0.4 is 10.1 Å². The zero-order chi connectivity index (χ0) is 18.4. The summed E-state index contributed by atoms with van der Waals surface area (Å²) in [6.45, 7) is -0.612. The van der Waals surface area contributed by atoms with Gasteiger partial charge in [0, 0.05) is 18.1 Å². The SMILES string of the molecule is O=C(NC(C(=O)O)C1CCCOC1)c1ccc(OCC(F)(F)F)cc1. The van der Waals surface area contributed by atoms with Crippen molar-refractivity contribution in [2.45, 2.75) is 25.1 Å². The van der Waals surface area contributed by atoms with Crippen LogP contribution in [0.1, 0.15) is 23.2 Å². The van der Waals surface area contributed by atoms with Crippen LogP contribution in [0.3, 0.4) is 0 Å². The third-order valence-electron chi connectivity index (χ3n) is 3.74. The number of hydrogen-bond acceptors (Lipinski definition) is 4. The number of alkyl halides is 3. The van der Waals surface area contributed by atoms with E-state index in [1.165, 1.54) is 24.3 Å². The molecule has 0 aliphatic carbocycles. The highest BCUT2D eigenvalue weighted by molar-refractivity contribution is 5.96. The fourth-order valence-electron chi connectivity index (χ4n) is 2.50. The molecule has 1 aromatic carbocycles. The van der Waals surface area contributed by atoms with E-state index < -0.39 is 30.7 Å². The Labute approximate surface area is 141 Å². The lowest BCUT2D eigenvalue weighted by atomic mass is 9.93. The number of nitrogens with one attached hydrogen (secondary N) is 1. The quantitative estimate of drug-likeness (QED) is 0.812. The lowest BCUT2D eigenvalue weighted by molar-refractivity contribution is -0.153. The van der Waals surface area contributed by atoms with Gasteiger partial charge in [-0.1, -0.05) is 0 Å². The van der Waals surface area contributed by atoms with Gasteiger partial charge in [-0.3, -0.25) is 4.79 Å². The number of carbonyl (C=O) groups is 2. The monoisotopic (exact) mass is 361 g/mol. The van der Waals surface area contributed by atoms with Gasteiger partial charge >= 0.3 is 12.1 Å². The van der Waals surface area contributed by atoms with Gasteiger partial charge in [-0.15, -0.1) is 0 Å². The molecule has 1 fully saturated rings. The van der Waals surface area contributed by atoms with E-state index in [1.54, 1.807) is 0 Å². The first-order valence-electron chi connectivity index (χ1n) is 7.67. The van der Waals surface area contributed by atoms with Gasteiger partial charge < -0.3 is 19.9 Å². The molecule has 2 unspecified atom stereocenters. The fraction of sp³-hybridized carbons (Fsp3) is 0.500. The Bertz CT molecular complexity index is 597. The molecule has 6 nitrogen and oxygen atoms in total. The molecule has 0 aromatic heterocycles. The van der Waals surface area contributed by atoms with Crippen LogP contribution in [0, 0.1) is 5.92 Å². The molecule has 1 aliphatic rings. The van der Waals surface area contributed by atoms with Crippen molar-refractivity contribution in [1.82, 2.24) is 5.32 Å². The minimum atomic E-state index is -4.45. The minimum Gasteiger partial charge on any atom is -0.484 e. The average molecular weight is 361 g/mol. The normalized spacial score (nSPS) is 19.1. The van der Waals surface area contributed by atoms with E-state index in [1.807, 2.05) is 0 Å². The number of benzene rings is 1. The Hall–Kier alpha value is -2.29. The first-order chi connectivity index (χ1) is 11.8. The van der Waals surface area contributed by atoms with E-state index in [0.29, 0.717) is 13.0 Å². The van der Waals surface area contributed by atoms with Crippen LogP contribution in [-0.4, -0.2) is 49.0 Å². The van der Waals surface area contributed by atoms with Crippen LogP contribution in [0.15, 0.2) is 24.3 Å². The van der Waals surface area contributed by atoms with Crippen LogP contribution in [-0.2, 0) is 9.53 Å². The van der Waals surface area contributed by atoms with Crippen LogP contribution >= 0.6 is 0 Å². The fourth-order valence-corrected chi connectivity index (χ4v) is 2.50. The summed E-state index contributed by atoms with van der Waals surface area (Å²) < 4.78 is 46.1. The van der Waals surface area contributed by atoms with E-state index in [-0.39, 0.29) is 23.8 Å². The number of amides is 1. The number of carbonyl (C=O) groups excluding carboxylic acids is 1. The highest BCUT2D eigenvalue weighted by Crippen LogP contribution is 2.20. The van der Waals surface area contributed by atoms with Crippen LogP contribution in [0.2, 0.25) is 0 Å². The van der Waals surface area contributed by atoms with E-state index in [2.05, 4.69) is 10.1 Å². The number of carboxylic acids is 1. The molecule has 2 rings (SSSR count). The lowest BCUT2D eigenvalue weighted by Gasteiger charge is -2.28. The van der Waals surface area contributed by atoms with Crippen molar-refractivity contribution in [2.75, 3.05) is 19.8 Å². The first-order valence-corrected chi connectivity index (χ1v) is 7.67. The Morgan fingerprint density at radius 3 is 2.52 bits per heavy atom. The summed E-state index contributed by atoms with van der Waals surface area (Å²) in [5.74, 6) is -2.15. The Morgan fingerprint density at radius 1 is 1.32 bits per heavy atom. The Kier molecular flexibility index (Phi) is 6.24. The van der Waals surface area contributed by atoms with Crippen LogP contribution in [0.25, 0.3) is 0 Å². The maximum Gasteiger partial charge on any atom is 0.422 e. The van der Waals surface area contributed by atoms with Crippen molar-refractivity contribution < 1.29 is 37.3 Å². The molecule has 1 aliphatic heterocycles. The van der Waals surface area contributed by atoms with E-state index >= 15 is 0 Å². The highest BCUT2D eigenvalue weighted by atomic mass is 19.4. The third-order valence-corrected chi connectivity index (χ3v) is 3.74. The molecule has 2 N–H and O–H groups in total. The summed E-state index contributed by atoms with van der Waals surface area (Å²) in [6.07, 6.45) is -3.11. The molecule has 0 radical (unpaired) electrons. The predicted molar refractivity (Wildman–Crippen MR) is 80.4 cm³/mol. The predicted octanol–water partition coefficient (Wildman–Crippen LogP) is 2.24. The van der Waals surface area contributed by atoms with Crippen molar-refractivity contribution in [2.24, 2.45) is 5.92 Å². The van der Waals surface area contributed by atoms with Gasteiger partial charge in [0.05, 0.1) is 6.61 Å². The Morgan fingerprint density at radius 2 is 2.00 bits per heavy atom. The van der Waals surface area contributed by atoms with Crippen molar-refractivity contribution in [1.29, 1.82) is 0 Å². The van der Waals surface area contributed by atoms with E-state index in [4.69, 9.17) is 4.74 Å².